The molecule has 0 aliphatic carbocycles. The number of nitrogens with one attached hydrogen (secondary N) is 3. The smallest absolute Gasteiger partial charge is 0.326 e. The molecule has 5 unspecified atom stereocenters. The summed E-state index contributed by atoms with van der Waals surface area (Å²) >= 11 is 0. The molecule has 35 heavy (non-hydrogen) atoms. The zero-order chi connectivity index (χ0) is 26.7. The molecule has 194 valence electrons. The number of amides is 3. The first-order chi connectivity index (χ1) is 16.3. The number of rotatable bonds is 14. The topological polar surface area (TPSA) is 208 Å². The summed E-state index contributed by atoms with van der Waals surface area (Å²) in [6.07, 6.45) is 0.0550. The zero-order valence-electron chi connectivity index (χ0n) is 20.0. The molecule has 0 aliphatic rings. The van der Waals surface area contributed by atoms with Crippen LogP contribution < -0.4 is 21.7 Å². The number of hydrogen-bond acceptors (Lipinski definition) is 7. The summed E-state index contributed by atoms with van der Waals surface area (Å²) in [7, 11) is 0. The van der Waals surface area contributed by atoms with E-state index in [9.17, 15) is 34.2 Å². The van der Waals surface area contributed by atoms with Crippen molar-refractivity contribution in [2.24, 2.45) is 11.7 Å². The molecule has 0 aliphatic heterocycles. The summed E-state index contributed by atoms with van der Waals surface area (Å²) in [5, 5.41) is 35.1. The largest absolute Gasteiger partial charge is 0.508 e. The van der Waals surface area contributed by atoms with Crippen LogP contribution in [0.3, 0.4) is 0 Å². The second-order valence-corrected chi connectivity index (χ2v) is 8.41. The number of aliphatic carboxylic acids is 2. The molecule has 1 aromatic rings. The van der Waals surface area contributed by atoms with Crippen molar-refractivity contribution < 1.29 is 39.3 Å². The summed E-state index contributed by atoms with van der Waals surface area (Å²) in [6.45, 7) is 4.83. The lowest BCUT2D eigenvalue weighted by Gasteiger charge is -2.25. The van der Waals surface area contributed by atoms with Crippen molar-refractivity contribution in [1.82, 2.24) is 16.0 Å². The van der Waals surface area contributed by atoms with Crippen molar-refractivity contribution >= 4 is 29.7 Å². The molecule has 3 amide bonds. The van der Waals surface area contributed by atoms with Crippen LogP contribution >= 0.6 is 0 Å². The second kappa shape index (κ2) is 13.9. The van der Waals surface area contributed by atoms with Crippen LogP contribution in [0.4, 0.5) is 0 Å². The summed E-state index contributed by atoms with van der Waals surface area (Å²) in [5.74, 6) is -4.85. The van der Waals surface area contributed by atoms with Crippen molar-refractivity contribution in [3.8, 4) is 5.75 Å². The summed E-state index contributed by atoms with van der Waals surface area (Å²) in [4.78, 5) is 60.2. The molecule has 1 rings (SSSR count). The Hall–Kier alpha value is -3.67. The first-order valence-corrected chi connectivity index (χ1v) is 11.2. The van der Waals surface area contributed by atoms with E-state index in [2.05, 4.69) is 16.0 Å². The standard InChI is InChI=1S/C23H34N4O8/c1-4-12(2)19(23(34)35)27-22(33)17(11-14-5-7-15(28)8-6-14)26-20(31)13(3)25-21(32)16(24)9-10-18(29)30/h5-8,12-13,16-17,19,28H,4,9-11,24H2,1-3H3,(H,25,32)(H,26,31)(H,27,33)(H,29,30)(H,34,35). The van der Waals surface area contributed by atoms with Crippen molar-refractivity contribution in [3.05, 3.63) is 29.8 Å². The van der Waals surface area contributed by atoms with E-state index in [1.54, 1.807) is 26.0 Å². The molecule has 0 heterocycles. The van der Waals surface area contributed by atoms with Gasteiger partial charge in [0.2, 0.25) is 17.7 Å². The number of carboxylic acid groups (broad SMARTS) is 2. The van der Waals surface area contributed by atoms with E-state index < -0.39 is 53.8 Å². The third kappa shape index (κ3) is 10.0. The van der Waals surface area contributed by atoms with Gasteiger partial charge in [-0.3, -0.25) is 19.2 Å². The van der Waals surface area contributed by atoms with Gasteiger partial charge in [-0.15, -0.1) is 0 Å². The third-order valence-electron chi connectivity index (χ3n) is 5.54. The molecule has 12 nitrogen and oxygen atoms in total. The highest BCUT2D eigenvalue weighted by Crippen LogP contribution is 2.13. The first-order valence-electron chi connectivity index (χ1n) is 11.2. The van der Waals surface area contributed by atoms with Crippen LogP contribution in [0, 0.1) is 5.92 Å². The van der Waals surface area contributed by atoms with Crippen LogP contribution in [0.25, 0.3) is 0 Å². The van der Waals surface area contributed by atoms with Gasteiger partial charge in [-0.25, -0.2) is 4.79 Å². The quantitative estimate of drug-likeness (QED) is 0.181. The molecule has 8 N–H and O–H groups in total. The SMILES string of the molecule is CCC(C)C(NC(=O)C(Cc1ccc(O)cc1)NC(=O)C(C)NC(=O)C(N)CCC(=O)O)C(=O)O. The fraction of sp³-hybridized carbons (Fsp3) is 0.522. The van der Waals surface area contributed by atoms with E-state index >= 15 is 0 Å². The number of nitrogens with two attached hydrogens (primary N) is 1. The maximum atomic E-state index is 13.0. The number of aromatic hydroxyl groups is 1. The summed E-state index contributed by atoms with van der Waals surface area (Å²) < 4.78 is 0. The fourth-order valence-corrected chi connectivity index (χ4v) is 3.11. The van der Waals surface area contributed by atoms with Crippen LogP contribution in [0.2, 0.25) is 0 Å². The molecule has 0 aromatic heterocycles. The van der Waals surface area contributed by atoms with E-state index in [-0.39, 0.29) is 30.9 Å². The molecular formula is C23H34N4O8. The van der Waals surface area contributed by atoms with E-state index in [0.29, 0.717) is 12.0 Å². The van der Waals surface area contributed by atoms with Crippen LogP contribution in [0.1, 0.15) is 45.6 Å². The van der Waals surface area contributed by atoms with Gasteiger partial charge >= 0.3 is 11.9 Å². The third-order valence-corrected chi connectivity index (χ3v) is 5.54. The summed E-state index contributed by atoms with van der Waals surface area (Å²) in [5.41, 5.74) is 6.24. The van der Waals surface area contributed by atoms with Gasteiger partial charge in [0, 0.05) is 12.8 Å². The fourth-order valence-electron chi connectivity index (χ4n) is 3.11. The van der Waals surface area contributed by atoms with E-state index in [1.165, 1.54) is 19.1 Å². The average molecular weight is 495 g/mol. The first kappa shape index (κ1) is 29.4. The lowest BCUT2D eigenvalue weighted by Crippen LogP contribution is -2.57. The Balaban J connectivity index is 2.97. The lowest BCUT2D eigenvalue weighted by molar-refractivity contribution is -0.144. The minimum Gasteiger partial charge on any atom is -0.508 e. The maximum Gasteiger partial charge on any atom is 0.326 e. The van der Waals surface area contributed by atoms with Gasteiger partial charge in [0.25, 0.3) is 0 Å². The summed E-state index contributed by atoms with van der Waals surface area (Å²) in [6, 6.07) is 1.33. The number of carbonyl (C=O) groups excluding carboxylic acids is 3. The van der Waals surface area contributed by atoms with Crippen LogP contribution in [-0.4, -0.2) is 69.1 Å². The van der Waals surface area contributed by atoms with Gasteiger partial charge in [-0.2, -0.15) is 0 Å². The molecule has 0 spiro atoms. The van der Waals surface area contributed by atoms with E-state index in [1.807, 2.05) is 0 Å². The van der Waals surface area contributed by atoms with Gasteiger partial charge in [0.1, 0.15) is 23.9 Å². The monoisotopic (exact) mass is 494 g/mol. The zero-order valence-corrected chi connectivity index (χ0v) is 20.0. The Kier molecular flexibility index (Phi) is 11.7. The molecule has 0 saturated carbocycles. The van der Waals surface area contributed by atoms with E-state index in [0.717, 1.165) is 0 Å². The number of benzene rings is 1. The Morgan fingerprint density at radius 2 is 1.51 bits per heavy atom. The highest BCUT2D eigenvalue weighted by Gasteiger charge is 2.31. The predicted octanol–water partition coefficient (Wildman–Crippen LogP) is -0.268. The number of phenols is 1. The molecule has 0 fully saturated rings. The van der Waals surface area contributed by atoms with Crippen molar-refractivity contribution in [3.63, 3.8) is 0 Å². The van der Waals surface area contributed by atoms with Gasteiger partial charge in [0.15, 0.2) is 0 Å². The van der Waals surface area contributed by atoms with Crippen molar-refractivity contribution in [2.75, 3.05) is 0 Å². The Labute approximate surface area is 203 Å². The Bertz CT molecular complexity index is 905. The molecule has 1 aromatic carbocycles. The van der Waals surface area contributed by atoms with Crippen molar-refractivity contribution in [1.29, 1.82) is 0 Å². The average Bonchev–Trinajstić information content (AvgIpc) is 2.80. The maximum absolute atomic E-state index is 13.0. The highest BCUT2D eigenvalue weighted by atomic mass is 16.4. The van der Waals surface area contributed by atoms with Crippen LogP contribution in [0.15, 0.2) is 24.3 Å². The Morgan fingerprint density at radius 1 is 0.914 bits per heavy atom. The number of hydrogen-bond donors (Lipinski definition) is 7. The number of phenolic OH excluding ortho intramolecular Hbond substituents is 1. The minimum atomic E-state index is -1.21. The molecule has 0 saturated heterocycles. The van der Waals surface area contributed by atoms with Crippen LogP contribution in [-0.2, 0) is 30.4 Å². The normalized spacial score (nSPS) is 15.1. The van der Waals surface area contributed by atoms with Crippen LogP contribution in [0.5, 0.6) is 5.75 Å². The Morgan fingerprint density at radius 3 is 2.03 bits per heavy atom. The molecule has 12 heteroatoms. The molecule has 0 radical (unpaired) electrons. The van der Waals surface area contributed by atoms with Crippen molar-refractivity contribution in [2.45, 2.75) is 70.6 Å². The highest BCUT2D eigenvalue weighted by molar-refractivity contribution is 5.94. The number of carbonyl (C=O) groups is 5. The number of carboxylic acids is 2. The van der Waals surface area contributed by atoms with Gasteiger partial charge < -0.3 is 37.0 Å². The second-order valence-electron chi connectivity index (χ2n) is 8.41. The van der Waals surface area contributed by atoms with Gasteiger partial charge in [0.05, 0.1) is 6.04 Å². The van der Waals surface area contributed by atoms with Gasteiger partial charge in [-0.05, 0) is 37.0 Å². The molecule has 5 atom stereocenters. The minimum absolute atomic E-state index is 0.0104. The van der Waals surface area contributed by atoms with E-state index in [4.69, 9.17) is 10.8 Å². The predicted molar refractivity (Wildman–Crippen MR) is 125 cm³/mol. The molecular weight excluding hydrogens is 460 g/mol. The van der Waals surface area contributed by atoms with Gasteiger partial charge in [-0.1, -0.05) is 32.4 Å². The molecule has 0 bridgehead atoms. The lowest BCUT2D eigenvalue weighted by atomic mass is 9.98.